The van der Waals surface area contributed by atoms with Crippen LogP contribution in [0.2, 0.25) is 0 Å². The zero-order valence-electron chi connectivity index (χ0n) is 12.7. The number of pyridine rings is 2. The van der Waals surface area contributed by atoms with Crippen molar-refractivity contribution in [1.82, 2.24) is 9.97 Å². The Morgan fingerprint density at radius 2 is 1.87 bits per heavy atom. The number of ether oxygens (including phenoxy) is 2. The lowest BCUT2D eigenvalue weighted by Gasteiger charge is -2.27. The maximum absolute atomic E-state index is 6.05. The maximum Gasteiger partial charge on any atom is 0.393 e. The molecule has 0 aromatic carbocycles. The number of nitrogens with zero attached hydrogens (tertiary/aromatic N) is 4. The third kappa shape index (κ3) is 1.59. The molecule has 0 fully saturated rings. The molecule has 2 aliphatic heterocycles. The van der Waals surface area contributed by atoms with Crippen LogP contribution < -0.4 is 35.3 Å². The van der Waals surface area contributed by atoms with Crippen molar-refractivity contribution < 1.29 is 18.6 Å². The summed E-state index contributed by atoms with van der Waals surface area (Å²) < 4.78 is 16.2. The SMILES string of the molecule is C[n+]1cncc2c1B1c3c(ccnc3Oc3ccc[n+](C)c31)O2. The molecule has 3 aromatic rings. The molecule has 0 bridgehead atoms. The number of aromatic nitrogens is 4. The zero-order chi connectivity index (χ0) is 15.6. The summed E-state index contributed by atoms with van der Waals surface area (Å²) in [4.78, 5) is 8.65. The minimum Gasteiger partial charge on any atom is -0.450 e. The number of hydrogen-bond donors (Lipinski definition) is 0. The molecule has 6 nitrogen and oxygen atoms in total. The van der Waals surface area contributed by atoms with Crippen molar-refractivity contribution in [3.05, 3.63) is 43.1 Å². The van der Waals surface area contributed by atoms with E-state index in [0.29, 0.717) is 5.88 Å². The summed E-state index contributed by atoms with van der Waals surface area (Å²) in [5.41, 5.74) is 3.10. The maximum atomic E-state index is 6.05. The smallest absolute Gasteiger partial charge is 0.393 e. The minimum atomic E-state index is 0.000370. The standard InChI is InChI=1S/C16H13BN4O2/c1-20-7-3-4-11-14(20)17-13-10(5-6-19-16(13)23-11)22-12-8-18-9-21(2)15(12)17/h3-9H,1-2H3/q+2. The van der Waals surface area contributed by atoms with E-state index in [1.54, 1.807) is 18.7 Å². The highest BCUT2D eigenvalue weighted by Gasteiger charge is 2.50. The van der Waals surface area contributed by atoms with Crippen LogP contribution in [-0.4, -0.2) is 16.7 Å². The Morgan fingerprint density at radius 3 is 2.78 bits per heavy atom. The van der Waals surface area contributed by atoms with Gasteiger partial charge in [0, 0.05) is 17.7 Å². The predicted octanol–water partition coefficient (Wildman–Crippen LogP) is -1.15. The van der Waals surface area contributed by atoms with Crippen LogP contribution in [0.5, 0.6) is 23.1 Å². The molecule has 5 rings (SSSR count). The van der Waals surface area contributed by atoms with Gasteiger partial charge in [-0.1, -0.05) is 4.98 Å². The van der Waals surface area contributed by atoms with E-state index in [2.05, 4.69) is 14.5 Å². The molecular formula is C16H13BN4O2+2. The number of hydrogen-bond acceptors (Lipinski definition) is 4. The van der Waals surface area contributed by atoms with Crippen molar-refractivity contribution in [2.45, 2.75) is 0 Å². The molecule has 0 spiro atoms. The Morgan fingerprint density at radius 1 is 1.00 bits per heavy atom. The van der Waals surface area contributed by atoms with E-state index in [0.717, 1.165) is 33.9 Å². The van der Waals surface area contributed by atoms with Crippen LogP contribution >= 0.6 is 0 Å². The first-order valence-corrected chi connectivity index (χ1v) is 7.40. The molecule has 0 saturated carbocycles. The fourth-order valence-corrected chi connectivity index (χ4v) is 3.46. The summed E-state index contributed by atoms with van der Waals surface area (Å²) in [6, 6.07) is 5.82. The highest BCUT2D eigenvalue weighted by Crippen LogP contribution is 2.30. The van der Waals surface area contributed by atoms with Crippen LogP contribution in [0.15, 0.2) is 43.1 Å². The summed E-state index contributed by atoms with van der Waals surface area (Å²) in [6.45, 7) is 0.000370. The molecule has 7 heteroatoms. The molecular weight excluding hydrogens is 291 g/mol. The first kappa shape index (κ1) is 12.6. The quantitative estimate of drug-likeness (QED) is 0.268. The summed E-state index contributed by atoms with van der Waals surface area (Å²) in [6.07, 6.45) is 7.29. The van der Waals surface area contributed by atoms with Crippen molar-refractivity contribution in [3.8, 4) is 23.1 Å². The van der Waals surface area contributed by atoms with E-state index in [-0.39, 0.29) is 6.71 Å². The molecule has 5 heterocycles. The van der Waals surface area contributed by atoms with Crippen LogP contribution in [0, 0.1) is 0 Å². The highest BCUT2D eigenvalue weighted by molar-refractivity contribution is 6.96. The van der Waals surface area contributed by atoms with Gasteiger partial charge in [0.05, 0.1) is 7.05 Å². The Hall–Kier alpha value is -2.96. The topological polar surface area (TPSA) is 52.0 Å². The second-order valence-electron chi connectivity index (χ2n) is 5.79. The van der Waals surface area contributed by atoms with Gasteiger partial charge < -0.3 is 9.47 Å². The molecule has 0 unspecified atom stereocenters. The van der Waals surface area contributed by atoms with Gasteiger partial charge >= 0.3 is 6.71 Å². The number of rotatable bonds is 0. The largest absolute Gasteiger partial charge is 0.450 e. The summed E-state index contributed by atoms with van der Waals surface area (Å²) >= 11 is 0. The normalized spacial score (nSPS) is 13.4. The Labute approximate surface area is 133 Å². The Bertz CT molecular complexity index is 870. The molecule has 0 radical (unpaired) electrons. The highest BCUT2D eigenvalue weighted by atomic mass is 16.5. The molecule has 110 valence electrons. The fraction of sp³-hybridized carbons (Fsp3) is 0.125. The van der Waals surface area contributed by atoms with Crippen LogP contribution in [0.1, 0.15) is 0 Å². The molecule has 2 aliphatic rings. The molecule has 3 aromatic heterocycles. The average molecular weight is 304 g/mol. The zero-order valence-corrected chi connectivity index (χ0v) is 12.7. The molecule has 0 saturated heterocycles. The van der Waals surface area contributed by atoms with Crippen LogP contribution in [0.3, 0.4) is 0 Å². The van der Waals surface area contributed by atoms with Crippen molar-refractivity contribution >= 4 is 23.4 Å². The van der Waals surface area contributed by atoms with Gasteiger partial charge in [0.2, 0.25) is 11.6 Å². The van der Waals surface area contributed by atoms with E-state index < -0.39 is 0 Å². The monoisotopic (exact) mass is 304 g/mol. The van der Waals surface area contributed by atoms with Crippen molar-refractivity contribution in [2.75, 3.05) is 0 Å². The lowest BCUT2D eigenvalue weighted by atomic mass is 9.38. The predicted molar refractivity (Wildman–Crippen MR) is 82.1 cm³/mol. The lowest BCUT2D eigenvalue weighted by Crippen LogP contribution is -2.73. The number of aryl methyl sites for hydroxylation is 2. The Kier molecular flexibility index (Phi) is 2.34. The van der Waals surface area contributed by atoms with E-state index in [4.69, 9.17) is 9.47 Å². The van der Waals surface area contributed by atoms with E-state index in [1.165, 1.54) is 0 Å². The van der Waals surface area contributed by atoms with E-state index in [9.17, 15) is 0 Å². The second kappa shape index (κ2) is 4.28. The van der Waals surface area contributed by atoms with Gasteiger partial charge in [-0.2, -0.15) is 0 Å². The average Bonchev–Trinajstić information content (AvgIpc) is 2.55. The molecule has 0 N–H and O–H groups in total. The minimum absolute atomic E-state index is 0.000370. The van der Waals surface area contributed by atoms with Gasteiger partial charge in [0.1, 0.15) is 18.4 Å². The van der Waals surface area contributed by atoms with Crippen LogP contribution in [0.25, 0.3) is 0 Å². The molecule has 0 atom stereocenters. The Balaban J connectivity index is 1.91. The van der Waals surface area contributed by atoms with Gasteiger partial charge in [-0.05, 0) is 12.1 Å². The van der Waals surface area contributed by atoms with Gasteiger partial charge in [-0.3, -0.25) is 0 Å². The van der Waals surface area contributed by atoms with Gasteiger partial charge in [0.25, 0.3) is 6.33 Å². The van der Waals surface area contributed by atoms with Gasteiger partial charge in [-0.25, -0.2) is 14.1 Å². The van der Waals surface area contributed by atoms with E-state index >= 15 is 0 Å². The number of fused-ring (bicyclic) bond motifs is 4. The summed E-state index contributed by atoms with van der Waals surface area (Å²) in [5, 5.41) is 0. The fourth-order valence-electron chi connectivity index (χ4n) is 3.46. The van der Waals surface area contributed by atoms with Crippen molar-refractivity contribution in [3.63, 3.8) is 0 Å². The second-order valence-corrected chi connectivity index (χ2v) is 5.79. The molecule has 23 heavy (non-hydrogen) atoms. The van der Waals surface area contributed by atoms with Crippen LogP contribution in [-0.2, 0) is 14.1 Å². The first-order valence-electron chi connectivity index (χ1n) is 7.40. The third-order valence-electron chi connectivity index (χ3n) is 4.43. The van der Waals surface area contributed by atoms with Gasteiger partial charge in [-0.15, -0.1) is 0 Å². The summed E-state index contributed by atoms with van der Waals surface area (Å²) in [7, 11) is 4.01. The lowest BCUT2D eigenvalue weighted by molar-refractivity contribution is -0.660. The van der Waals surface area contributed by atoms with Crippen LogP contribution in [0.4, 0.5) is 0 Å². The van der Waals surface area contributed by atoms with Crippen molar-refractivity contribution in [2.24, 2.45) is 14.1 Å². The van der Waals surface area contributed by atoms with E-state index in [1.807, 2.05) is 43.1 Å². The third-order valence-corrected chi connectivity index (χ3v) is 4.43. The summed E-state index contributed by atoms with van der Waals surface area (Å²) in [5.74, 6) is 2.96. The van der Waals surface area contributed by atoms with Crippen molar-refractivity contribution in [1.29, 1.82) is 0 Å². The first-order chi connectivity index (χ1) is 11.2. The molecule has 0 aliphatic carbocycles. The van der Waals surface area contributed by atoms with Gasteiger partial charge in [0.15, 0.2) is 23.7 Å². The molecule has 0 amide bonds.